The van der Waals surface area contributed by atoms with Crippen molar-refractivity contribution in [2.75, 3.05) is 19.1 Å². The molecule has 218 valence electrons. The lowest BCUT2D eigenvalue weighted by atomic mass is 9.58. The number of ketones is 1. The largest absolute Gasteiger partial charge is 0.383 e. The SMILES string of the molecule is CC1=C[C@]23C(=O)[C@@H](C=C4COC(C)(C)O[C@H]4[C@]2(O)[C@H]1N(C)S(=O)(=O)c1ccc(NO)cc1)[C@H]1[C@@H](C[C@H]3C)C1(C)C. The molecule has 6 rings (SSSR count). The van der Waals surface area contributed by atoms with Crippen LogP contribution in [0, 0.1) is 34.5 Å². The Balaban J connectivity index is 1.55. The average molecular weight is 573 g/mol. The van der Waals surface area contributed by atoms with Gasteiger partial charge in [-0.15, -0.1) is 0 Å². The highest BCUT2D eigenvalue weighted by molar-refractivity contribution is 7.89. The van der Waals surface area contributed by atoms with Crippen molar-refractivity contribution in [1.29, 1.82) is 0 Å². The van der Waals surface area contributed by atoms with E-state index in [1.165, 1.54) is 35.6 Å². The summed E-state index contributed by atoms with van der Waals surface area (Å²) in [6.45, 7) is 12.0. The second-order valence-electron chi connectivity index (χ2n) is 13.6. The maximum absolute atomic E-state index is 14.9. The number of nitrogens with zero attached hydrogens (tertiary/aromatic N) is 1. The number of ether oxygens (including phenoxy) is 2. The van der Waals surface area contributed by atoms with Crippen molar-refractivity contribution in [3.8, 4) is 0 Å². The molecule has 0 unspecified atom stereocenters. The first kappa shape index (κ1) is 28.1. The summed E-state index contributed by atoms with van der Waals surface area (Å²) in [4.78, 5) is 14.9. The van der Waals surface area contributed by atoms with Gasteiger partial charge in [0.05, 0.1) is 28.6 Å². The van der Waals surface area contributed by atoms with Crippen molar-refractivity contribution in [2.24, 2.45) is 34.5 Å². The van der Waals surface area contributed by atoms with Crippen LogP contribution in [0.1, 0.15) is 48.0 Å². The van der Waals surface area contributed by atoms with Gasteiger partial charge in [0.1, 0.15) is 11.7 Å². The van der Waals surface area contributed by atoms with E-state index in [-0.39, 0.29) is 34.5 Å². The number of sulfonamides is 1. The Morgan fingerprint density at radius 2 is 1.77 bits per heavy atom. The molecule has 3 N–H and O–H groups in total. The van der Waals surface area contributed by atoms with Crippen molar-refractivity contribution in [3.63, 3.8) is 0 Å². The van der Waals surface area contributed by atoms with Gasteiger partial charge in [-0.1, -0.05) is 38.5 Å². The maximum atomic E-state index is 14.9. The molecule has 1 aromatic carbocycles. The van der Waals surface area contributed by atoms with Crippen molar-refractivity contribution < 1.29 is 33.0 Å². The number of hydrogen-bond donors (Lipinski definition) is 3. The molecule has 8 atom stereocenters. The molecule has 2 bridgehead atoms. The molecule has 40 heavy (non-hydrogen) atoms. The Kier molecular flexibility index (Phi) is 5.95. The molecular weight excluding hydrogens is 532 g/mol. The molecule has 9 nitrogen and oxygen atoms in total. The lowest BCUT2D eigenvalue weighted by Crippen LogP contribution is -2.70. The van der Waals surface area contributed by atoms with Crippen molar-refractivity contribution >= 4 is 21.5 Å². The number of nitrogens with one attached hydrogen (secondary N) is 1. The summed E-state index contributed by atoms with van der Waals surface area (Å²) in [5.41, 5.74) is 0.393. The van der Waals surface area contributed by atoms with Gasteiger partial charge in [0.25, 0.3) is 0 Å². The molecule has 2 saturated carbocycles. The minimum atomic E-state index is -4.14. The minimum Gasteiger partial charge on any atom is -0.383 e. The molecule has 3 fully saturated rings. The van der Waals surface area contributed by atoms with Crippen LogP contribution in [0.3, 0.4) is 0 Å². The van der Waals surface area contributed by atoms with Gasteiger partial charge in [-0.2, -0.15) is 4.31 Å². The van der Waals surface area contributed by atoms with Gasteiger partial charge in [-0.3, -0.25) is 15.5 Å². The maximum Gasteiger partial charge on any atom is 0.243 e. The molecule has 0 aromatic heterocycles. The summed E-state index contributed by atoms with van der Waals surface area (Å²) < 4.78 is 41.8. The third-order valence-electron chi connectivity index (χ3n) is 10.7. The van der Waals surface area contributed by atoms with Crippen LogP contribution in [-0.4, -0.2) is 66.0 Å². The third-order valence-corrected chi connectivity index (χ3v) is 12.6. The number of carbonyl (C=O) groups excluding carboxylic acids is 1. The Morgan fingerprint density at radius 1 is 1.12 bits per heavy atom. The van der Waals surface area contributed by atoms with Crippen molar-refractivity contribution in [3.05, 3.63) is 47.6 Å². The monoisotopic (exact) mass is 572 g/mol. The van der Waals surface area contributed by atoms with Crippen molar-refractivity contribution in [2.45, 2.75) is 76.4 Å². The smallest absolute Gasteiger partial charge is 0.243 e. The van der Waals surface area contributed by atoms with E-state index < -0.39 is 44.9 Å². The summed E-state index contributed by atoms with van der Waals surface area (Å²) >= 11 is 0. The van der Waals surface area contributed by atoms with E-state index in [1.807, 2.05) is 24.6 Å². The van der Waals surface area contributed by atoms with Crippen LogP contribution < -0.4 is 5.48 Å². The number of hydrogen-bond acceptors (Lipinski definition) is 8. The predicted molar refractivity (Wildman–Crippen MR) is 148 cm³/mol. The highest BCUT2D eigenvalue weighted by atomic mass is 32.2. The number of benzene rings is 1. The zero-order chi connectivity index (χ0) is 29.2. The molecule has 5 aliphatic rings. The van der Waals surface area contributed by atoms with Crippen LogP contribution in [0.25, 0.3) is 0 Å². The van der Waals surface area contributed by atoms with Crippen LogP contribution in [-0.2, 0) is 24.3 Å². The molecule has 0 radical (unpaired) electrons. The number of fused-ring (bicyclic) bond motifs is 5. The Labute approximate surface area is 236 Å². The van der Waals surface area contributed by atoms with E-state index >= 15 is 0 Å². The molecular formula is C30H40N2O7S. The van der Waals surface area contributed by atoms with E-state index in [1.54, 1.807) is 20.8 Å². The molecule has 4 aliphatic carbocycles. The van der Waals surface area contributed by atoms with E-state index in [0.717, 1.165) is 6.42 Å². The summed E-state index contributed by atoms with van der Waals surface area (Å²) in [5.74, 6) is -1.32. The van der Waals surface area contributed by atoms with Gasteiger partial charge >= 0.3 is 0 Å². The number of rotatable bonds is 4. The Morgan fingerprint density at radius 3 is 2.40 bits per heavy atom. The van der Waals surface area contributed by atoms with Gasteiger partial charge in [-0.25, -0.2) is 8.42 Å². The van der Waals surface area contributed by atoms with E-state index in [2.05, 4.69) is 13.8 Å². The number of aliphatic hydroxyl groups is 1. The van der Waals surface area contributed by atoms with Crippen LogP contribution in [0.5, 0.6) is 0 Å². The molecule has 10 heteroatoms. The molecule has 1 aromatic rings. The van der Waals surface area contributed by atoms with Crippen LogP contribution in [0.2, 0.25) is 0 Å². The Hall–Kier alpha value is -2.08. The summed E-state index contributed by atoms with van der Waals surface area (Å²) in [5, 5.41) is 22.5. The summed E-state index contributed by atoms with van der Waals surface area (Å²) in [6.07, 6.45) is 3.63. The fourth-order valence-electron chi connectivity index (χ4n) is 8.71. The van der Waals surface area contributed by atoms with Gasteiger partial charge in [-0.05, 0) is 80.2 Å². The third kappa shape index (κ3) is 3.44. The fourth-order valence-corrected chi connectivity index (χ4v) is 10.1. The lowest BCUT2D eigenvalue weighted by molar-refractivity contribution is -0.297. The molecule has 1 heterocycles. The van der Waals surface area contributed by atoms with Gasteiger partial charge < -0.3 is 14.6 Å². The molecule has 0 amide bonds. The molecule has 1 saturated heterocycles. The summed E-state index contributed by atoms with van der Waals surface area (Å²) in [7, 11) is -2.68. The van der Waals surface area contributed by atoms with Gasteiger partial charge in [0, 0.05) is 13.0 Å². The van der Waals surface area contributed by atoms with Crippen LogP contribution in [0.4, 0.5) is 5.69 Å². The number of allylic oxidation sites excluding steroid dienone is 1. The zero-order valence-corrected chi connectivity index (χ0v) is 25.0. The first-order valence-corrected chi connectivity index (χ1v) is 15.4. The zero-order valence-electron chi connectivity index (χ0n) is 24.1. The van der Waals surface area contributed by atoms with Gasteiger partial charge in [0.2, 0.25) is 10.0 Å². The van der Waals surface area contributed by atoms with Gasteiger partial charge in [0.15, 0.2) is 11.6 Å². The van der Waals surface area contributed by atoms with E-state index in [9.17, 15) is 23.5 Å². The van der Waals surface area contributed by atoms with Crippen LogP contribution >= 0.6 is 0 Å². The highest BCUT2D eigenvalue weighted by Crippen LogP contribution is 2.72. The van der Waals surface area contributed by atoms with E-state index in [0.29, 0.717) is 22.8 Å². The molecule has 1 spiro atoms. The average Bonchev–Trinajstić information content (AvgIpc) is 3.36. The number of anilines is 1. The topological polar surface area (TPSA) is 125 Å². The van der Waals surface area contributed by atoms with E-state index in [4.69, 9.17) is 9.47 Å². The second kappa shape index (κ2) is 8.49. The minimum absolute atomic E-state index is 0.00470. The summed E-state index contributed by atoms with van der Waals surface area (Å²) in [6, 6.07) is 4.65. The first-order valence-electron chi connectivity index (χ1n) is 14.0. The second-order valence-corrected chi connectivity index (χ2v) is 15.5. The molecule has 1 aliphatic heterocycles. The standard InChI is InChI=1S/C30H40N2O7S/c1-16-14-29-17(2)12-22-23(27(22,3)4)21(25(29)33)13-18-15-38-28(5,6)39-26(18)30(29,34)24(16)32(7)40(36,37)20-10-8-19(31-35)9-11-20/h8-11,13-14,17,21-24,26,31,34-35H,12,15H2,1-7H3/t17-,21+,22-,23+,24+,26-,29+,30-/m1/s1. The quantitative estimate of drug-likeness (QED) is 0.368. The number of Topliss-reactive ketones (excluding diaryl/α,β-unsaturated/α-hetero) is 1. The number of likely N-dealkylation sites (N-methyl/N-ethyl adjacent to an activating group) is 1. The first-order chi connectivity index (χ1) is 18.5. The predicted octanol–water partition coefficient (Wildman–Crippen LogP) is 3.74. The highest BCUT2D eigenvalue weighted by Gasteiger charge is 2.77. The lowest BCUT2D eigenvalue weighted by Gasteiger charge is -2.54. The normalized spacial score (nSPS) is 41.1. The Bertz CT molecular complexity index is 1430. The van der Waals surface area contributed by atoms with Crippen molar-refractivity contribution in [1.82, 2.24) is 4.31 Å². The number of carbonyl (C=O) groups is 1. The van der Waals surface area contributed by atoms with Crippen LogP contribution in [0.15, 0.2) is 52.5 Å². The fraction of sp³-hybridized carbons (Fsp3) is 0.633.